The number of rotatable bonds is 5. The molecule has 0 aliphatic rings. The van der Waals surface area contributed by atoms with E-state index in [0.29, 0.717) is 6.42 Å². The molecule has 14 heavy (non-hydrogen) atoms. The number of nitrogens with one attached hydrogen (secondary N) is 2. The summed E-state index contributed by atoms with van der Waals surface area (Å²) >= 11 is 0. The zero-order chi connectivity index (χ0) is 11.1. The molecule has 0 heterocycles. The normalized spacial score (nSPS) is 12.3. The molecule has 0 aliphatic carbocycles. The first kappa shape index (κ1) is 12.7. The Kier molecular flexibility index (Phi) is 5.62. The molecule has 0 spiro atoms. The summed E-state index contributed by atoms with van der Waals surface area (Å²) in [5, 5.41) is 12.6. The van der Waals surface area contributed by atoms with Crippen molar-refractivity contribution in [3.8, 4) is 0 Å². The number of carboxylic acid groups (broad SMARTS) is 1. The molecule has 0 radical (unpaired) electrons. The summed E-state index contributed by atoms with van der Waals surface area (Å²) in [6.45, 7) is 1.91. The lowest BCUT2D eigenvalue weighted by atomic mass is 10.1. The first-order chi connectivity index (χ1) is 6.47. The summed E-state index contributed by atoms with van der Waals surface area (Å²) in [7, 11) is 3.35. The van der Waals surface area contributed by atoms with Gasteiger partial charge in [0.2, 0.25) is 0 Å². The van der Waals surface area contributed by atoms with Crippen molar-refractivity contribution < 1.29 is 14.7 Å². The van der Waals surface area contributed by atoms with Gasteiger partial charge in [-0.05, 0) is 6.42 Å². The molecule has 2 amide bonds. The number of hydrazine groups is 1. The Labute approximate surface area is 83.2 Å². The number of urea groups is 1. The van der Waals surface area contributed by atoms with Gasteiger partial charge in [0.1, 0.15) is 0 Å². The number of carboxylic acids is 1. The zero-order valence-corrected chi connectivity index (χ0v) is 8.70. The Bertz CT molecular complexity index is 206. The highest BCUT2D eigenvalue weighted by Gasteiger charge is 2.15. The van der Waals surface area contributed by atoms with Crippen molar-refractivity contribution in [2.24, 2.45) is 5.92 Å². The van der Waals surface area contributed by atoms with Crippen molar-refractivity contribution in [2.75, 3.05) is 20.6 Å². The minimum Gasteiger partial charge on any atom is -0.481 e. The lowest BCUT2D eigenvalue weighted by Crippen LogP contribution is -2.45. The second-order valence-corrected chi connectivity index (χ2v) is 3.16. The Morgan fingerprint density at radius 2 is 2.00 bits per heavy atom. The standard InChI is InChI=1S/C8H17N3O3/c1-4-6(7(12)13)5-9-8(14)10-11(2)3/h6H,4-5H2,1-3H3,(H,12,13)(H2,9,10,14). The van der Waals surface area contributed by atoms with Gasteiger partial charge in [0, 0.05) is 20.6 Å². The molecule has 3 N–H and O–H groups in total. The van der Waals surface area contributed by atoms with Crippen molar-refractivity contribution in [1.29, 1.82) is 0 Å². The van der Waals surface area contributed by atoms with E-state index in [-0.39, 0.29) is 6.54 Å². The van der Waals surface area contributed by atoms with Crippen molar-refractivity contribution in [1.82, 2.24) is 15.8 Å². The van der Waals surface area contributed by atoms with Crippen LogP contribution < -0.4 is 10.7 Å². The Hall–Kier alpha value is -1.30. The molecular formula is C8H17N3O3. The van der Waals surface area contributed by atoms with Gasteiger partial charge in [-0.25, -0.2) is 9.80 Å². The van der Waals surface area contributed by atoms with Gasteiger partial charge in [0.15, 0.2) is 0 Å². The Morgan fingerprint density at radius 1 is 1.43 bits per heavy atom. The maximum absolute atomic E-state index is 11.0. The quantitative estimate of drug-likeness (QED) is 0.544. The number of carbonyl (C=O) groups is 2. The van der Waals surface area contributed by atoms with Gasteiger partial charge in [-0.2, -0.15) is 0 Å². The molecule has 0 saturated carbocycles. The molecule has 0 aromatic carbocycles. The Morgan fingerprint density at radius 3 is 2.36 bits per heavy atom. The number of hydrogen-bond acceptors (Lipinski definition) is 3. The smallest absolute Gasteiger partial charge is 0.329 e. The fraction of sp³-hybridized carbons (Fsp3) is 0.750. The summed E-state index contributed by atoms with van der Waals surface area (Å²) in [5.41, 5.74) is 2.45. The molecule has 0 rings (SSSR count). The molecule has 0 aromatic rings. The van der Waals surface area contributed by atoms with Gasteiger partial charge in [0.05, 0.1) is 5.92 Å². The van der Waals surface area contributed by atoms with Crippen LogP contribution in [-0.2, 0) is 4.79 Å². The predicted molar refractivity (Wildman–Crippen MR) is 51.6 cm³/mol. The molecule has 1 unspecified atom stereocenters. The molecule has 6 heteroatoms. The predicted octanol–water partition coefficient (Wildman–Crippen LogP) is -0.127. The van der Waals surface area contributed by atoms with Gasteiger partial charge in [0.25, 0.3) is 0 Å². The third kappa shape index (κ3) is 5.36. The van der Waals surface area contributed by atoms with Crippen molar-refractivity contribution in [2.45, 2.75) is 13.3 Å². The summed E-state index contributed by atoms with van der Waals surface area (Å²) in [6, 6.07) is -0.394. The molecule has 0 bridgehead atoms. The molecule has 0 saturated heterocycles. The molecule has 0 fully saturated rings. The van der Waals surface area contributed by atoms with E-state index in [4.69, 9.17) is 5.11 Å². The van der Waals surface area contributed by atoms with Crippen LogP contribution in [0.25, 0.3) is 0 Å². The zero-order valence-electron chi connectivity index (χ0n) is 8.70. The fourth-order valence-electron chi connectivity index (χ4n) is 0.865. The third-order valence-electron chi connectivity index (χ3n) is 1.68. The highest BCUT2D eigenvalue weighted by molar-refractivity contribution is 5.75. The largest absolute Gasteiger partial charge is 0.481 e. The van der Waals surface area contributed by atoms with Crippen molar-refractivity contribution >= 4 is 12.0 Å². The van der Waals surface area contributed by atoms with Gasteiger partial charge < -0.3 is 10.4 Å². The van der Waals surface area contributed by atoms with E-state index in [0.717, 1.165) is 0 Å². The van der Waals surface area contributed by atoms with E-state index in [1.165, 1.54) is 5.01 Å². The van der Waals surface area contributed by atoms with Crippen LogP contribution in [0.4, 0.5) is 4.79 Å². The average Bonchev–Trinajstić information content (AvgIpc) is 2.03. The topological polar surface area (TPSA) is 81.7 Å². The number of nitrogens with zero attached hydrogens (tertiary/aromatic N) is 1. The third-order valence-corrected chi connectivity index (χ3v) is 1.68. The van der Waals surface area contributed by atoms with Gasteiger partial charge in [-0.1, -0.05) is 6.92 Å². The number of carbonyl (C=O) groups excluding carboxylic acids is 1. The molecule has 1 atom stereocenters. The summed E-state index contributed by atoms with van der Waals surface area (Å²) in [4.78, 5) is 21.6. The molecule has 6 nitrogen and oxygen atoms in total. The van der Waals surface area contributed by atoms with Crippen molar-refractivity contribution in [3.63, 3.8) is 0 Å². The van der Waals surface area contributed by atoms with Crippen LogP contribution >= 0.6 is 0 Å². The van der Waals surface area contributed by atoms with E-state index in [9.17, 15) is 9.59 Å². The molecular weight excluding hydrogens is 186 g/mol. The van der Waals surface area contributed by atoms with Crippen LogP contribution in [0.3, 0.4) is 0 Å². The van der Waals surface area contributed by atoms with Gasteiger partial charge >= 0.3 is 12.0 Å². The maximum atomic E-state index is 11.0. The minimum absolute atomic E-state index is 0.144. The van der Waals surface area contributed by atoms with Crippen LogP contribution in [0.1, 0.15) is 13.3 Å². The number of aliphatic carboxylic acids is 1. The maximum Gasteiger partial charge on any atom is 0.329 e. The number of amides is 2. The minimum atomic E-state index is -0.891. The lowest BCUT2D eigenvalue weighted by Gasteiger charge is -2.15. The fourth-order valence-corrected chi connectivity index (χ4v) is 0.865. The number of hydrogen-bond donors (Lipinski definition) is 3. The highest BCUT2D eigenvalue weighted by Crippen LogP contribution is 1.99. The molecule has 82 valence electrons. The van der Waals surface area contributed by atoms with E-state index in [1.807, 2.05) is 0 Å². The SMILES string of the molecule is CCC(CNC(=O)NN(C)C)C(=O)O. The van der Waals surface area contributed by atoms with Crippen LogP contribution in [0.2, 0.25) is 0 Å². The first-order valence-corrected chi connectivity index (χ1v) is 4.42. The van der Waals surface area contributed by atoms with Crippen molar-refractivity contribution in [3.05, 3.63) is 0 Å². The van der Waals surface area contributed by atoms with E-state index in [2.05, 4.69) is 10.7 Å². The van der Waals surface area contributed by atoms with E-state index in [1.54, 1.807) is 21.0 Å². The Balaban J connectivity index is 3.80. The van der Waals surface area contributed by atoms with Crippen LogP contribution in [0.5, 0.6) is 0 Å². The average molecular weight is 203 g/mol. The molecule has 0 aliphatic heterocycles. The summed E-state index contributed by atoms with van der Waals surface area (Å²) < 4.78 is 0. The van der Waals surface area contributed by atoms with E-state index < -0.39 is 17.9 Å². The summed E-state index contributed by atoms with van der Waals surface area (Å²) in [5.74, 6) is -1.42. The van der Waals surface area contributed by atoms with Crippen LogP contribution in [0, 0.1) is 5.92 Å². The lowest BCUT2D eigenvalue weighted by molar-refractivity contribution is -0.141. The first-order valence-electron chi connectivity index (χ1n) is 4.42. The summed E-state index contributed by atoms with van der Waals surface area (Å²) in [6.07, 6.45) is 0.498. The second-order valence-electron chi connectivity index (χ2n) is 3.16. The van der Waals surface area contributed by atoms with E-state index >= 15 is 0 Å². The molecule has 0 aromatic heterocycles. The monoisotopic (exact) mass is 203 g/mol. The van der Waals surface area contributed by atoms with Crippen LogP contribution in [-0.4, -0.2) is 42.8 Å². The highest BCUT2D eigenvalue weighted by atomic mass is 16.4. The van der Waals surface area contributed by atoms with Gasteiger partial charge in [-0.15, -0.1) is 0 Å². The van der Waals surface area contributed by atoms with Gasteiger partial charge in [-0.3, -0.25) is 10.2 Å². The van der Waals surface area contributed by atoms with Crippen LogP contribution in [0.15, 0.2) is 0 Å². The second kappa shape index (κ2) is 6.20.